The largest absolute Gasteiger partial charge is 0.495 e. The van der Waals surface area contributed by atoms with Gasteiger partial charge in [0.05, 0.1) is 19.2 Å². The highest BCUT2D eigenvalue weighted by Crippen LogP contribution is 2.19. The van der Waals surface area contributed by atoms with Gasteiger partial charge in [-0.05, 0) is 24.6 Å². The van der Waals surface area contributed by atoms with E-state index in [4.69, 9.17) is 10.5 Å². The van der Waals surface area contributed by atoms with Crippen molar-refractivity contribution in [1.29, 1.82) is 0 Å². The van der Waals surface area contributed by atoms with Crippen LogP contribution in [0.3, 0.4) is 0 Å². The Bertz CT molecular complexity index is 501. The van der Waals surface area contributed by atoms with Gasteiger partial charge < -0.3 is 15.4 Å². The lowest BCUT2D eigenvalue weighted by Gasteiger charge is -2.16. The Morgan fingerprint density at radius 1 is 1.47 bits per heavy atom. The quantitative estimate of drug-likeness (QED) is 0.834. The molecule has 19 heavy (non-hydrogen) atoms. The van der Waals surface area contributed by atoms with Gasteiger partial charge in [0.15, 0.2) is 0 Å². The average molecular weight is 260 g/mol. The molecule has 0 aromatic heterocycles. The number of methoxy groups -OCH3 is 1. The molecule has 0 saturated heterocycles. The van der Waals surface area contributed by atoms with E-state index < -0.39 is 0 Å². The number of amides is 1. The zero-order chi connectivity index (χ0) is 14.3. The first-order valence-corrected chi connectivity index (χ1v) is 6.26. The molecule has 0 aliphatic rings. The summed E-state index contributed by atoms with van der Waals surface area (Å²) in [6.07, 6.45) is 0.929. The number of hydrogen-bond donors (Lipinski definition) is 1. The Kier molecular flexibility index (Phi) is 5.91. The summed E-state index contributed by atoms with van der Waals surface area (Å²) >= 11 is 0. The topological polar surface area (TPSA) is 55.6 Å². The Morgan fingerprint density at radius 2 is 2.21 bits per heavy atom. The van der Waals surface area contributed by atoms with Crippen LogP contribution in [0.4, 0.5) is 0 Å². The number of nitrogens with zero attached hydrogens (tertiary/aromatic N) is 1. The summed E-state index contributed by atoms with van der Waals surface area (Å²) < 4.78 is 5.22. The molecular weight excluding hydrogens is 240 g/mol. The number of hydrogen-bond acceptors (Lipinski definition) is 3. The smallest absolute Gasteiger partial charge is 0.253 e. The average Bonchev–Trinajstić information content (AvgIpc) is 2.44. The first kappa shape index (κ1) is 15.1. The van der Waals surface area contributed by atoms with Crippen LogP contribution in [0, 0.1) is 11.8 Å². The fourth-order valence-corrected chi connectivity index (χ4v) is 1.74. The summed E-state index contributed by atoms with van der Waals surface area (Å²) in [5, 5.41) is 0. The first-order valence-electron chi connectivity index (χ1n) is 6.26. The first-order chi connectivity index (χ1) is 9.13. The van der Waals surface area contributed by atoms with Crippen LogP contribution in [0.25, 0.3) is 0 Å². The van der Waals surface area contributed by atoms with Crippen molar-refractivity contribution in [3.05, 3.63) is 29.3 Å². The maximum Gasteiger partial charge on any atom is 0.253 e. The van der Waals surface area contributed by atoms with Gasteiger partial charge in [0.2, 0.25) is 0 Å². The molecule has 0 unspecified atom stereocenters. The highest BCUT2D eigenvalue weighted by Gasteiger charge is 2.12. The van der Waals surface area contributed by atoms with Gasteiger partial charge in [0.1, 0.15) is 5.75 Å². The van der Waals surface area contributed by atoms with Crippen LogP contribution < -0.4 is 10.5 Å². The van der Waals surface area contributed by atoms with E-state index in [1.807, 2.05) is 6.92 Å². The van der Waals surface area contributed by atoms with E-state index in [9.17, 15) is 4.79 Å². The van der Waals surface area contributed by atoms with E-state index in [1.165, 1.54) is 0 Å². The Balaban J connectivity index is 3.07. The van der Waals surface area contributed by atoms with Crippen LogP contribution in [0.15, 0.2) is 18.2 Å². The molecule has 0 aliphatic carbocycles. The predicted octanol–water partition coefficient (Wildman–Crippen LogP) is 1.49. The minimum absolute atomic E-state index is 0.0136. The van der Waals surface area contributed by atoms with Crippen LogP contribution in [-0.2, 0) is 0 Å². The molecule has 1 aromatic carbocycles. The Hall–Kier alpha value is -1.99. The van der Waals surface area contributed by atoms with Gasteiger partial charge in [0.25, 0.3) is 5.91 Å². The van der Waals surface area contributed by atoms with E-state index in [-0.39, 0.29) is 12.5 Å². The lowest BCUT2D eigenvalue weighted by molar-refractivity contribution is 0.0795. The van der Waals surface area contributed by atoms with E-state index in [1.54, 1.807) is 37.3 Å². The lowest BCUT2D eigenvalue weighted by Crippen LogP contribution is -2.27. The zero-order valence-corrected chi connectivity index (χ0v) is 11.7. The summed E-state index contributed by atoms with van der Waals surface area (Å²) in [6, 6.07) is 5.25. The van der Waals surface area contributed by atoms with Crippen LogP contribution in [0.2, 0.25) is 0 Å². The number of ether oxygens (including phenoxy) is 1. The zero-order valence-electron chi connectivity index (χ0n) is 11.7. The third-order valence-electron chi connectivity index (χ3n) is 2.68. The molecule has 1 aromatic rings. The standard InChI is InChI=1S/C15H20N2O2/c1-4-10-17(2)15(18)13-7-8-14(19-3)12(11-13)6-5-9-16/h7-8,11H,4,9-10,16H2,1-3H3. The molecule has 0 heterocycles. The van der Waals surface area contributed by atoms with Crippen molar-refractivity contribution in [3.63, 3.8) is 0 Å². The SMILES string of the molecule is CCCN(C)C(=O)c1ccc(OC)c(C#CCN)c1. The van der Waals surface area contributed by atoms with E-state index in [0.717, 1.165) is 13.0 Å². The van der Waals surface area contributed by atoms with Crippen LogP contribution in [-0.4, -0.2) is 38.1 Å². The Labute approximate surface area is 114 Å². The summed E-state index contributed by atoms with van der Waals surface area (Å²) in [7, 11) is 3.37. The van der Waals surface area contributed by atoms with Crippen LogP contribution in [0.5, 0.6) is 5.75 Å². The minimum Gasteiger partial charge on any atom is -0.495 e. The second-order valence-corrected chi connectivity index (χ2v) is 4.15. The molecule has 1 rings (SSSR count). The maximum absolute atomic E-state index is 12.2. The third kappa shape index (κ3) is 4.01. The van der Waals surface area contributed by atoms with Crippen molar-refractivity contribution in [2.45, 2.75) is 13.3 Å². The lowest BCUT2D eigenvalue weighted by atomic mass is 10.1. The molecule has 4 heteroatoms. The monoisotopic (exact) mass is 260 g/mol. The second kappa shape index (κ2) is 7.45. The Morgan fingerprint density at radius 3 is 2.79 bits per heavy atom. The van der Waals surface area contributed by atoms with Gasteiger partial charge in [-0.1, -0.05) is 18.8 Å². The van der Waals surface area contributed by atoms with E-state index in [0.29, 0.717) is 16.9 Å². The fourth-order valence-electron chi connectivity index (χ4n) is 1.74. The molecule has 1 amide bonds. The second-order valence-electron chi connectivity index (χ2n) is 4.15. The number of rotatable bonds is 4. The molecule has 2 N–H and O–H groups in total. The normalized spacial score (nSPS) is 9.47. The molecule has 0 saturated carbocycles. The summed E-state index contributed by atoms with van der Waals surface area (Å²) in [5.74, 6) is 6.33. The van der Waals surface area contributed by atoms with Gasteiger partial charge in [-0.15, -0.1) is 0 Å². The molecule has 0 bridgehead atoms. The van der Waals surface area contributed by atoms with Crippen molar-refractivity contribution >= 4 is 5.91 Å². The molecular formula is C15H20N2O2. The number of carbonyl (C=O) groups is 1. The molecule has 0 fully saturated rings. The molecule has 4 nitrogen and oxygen atoms in total. The molecule has 0 spiro atoms. The minimum atomic E-state index is -0.0136. The van der Waals surface area contributed by atoms with Crippen molar-refractivity contribution in [2.75, 3.05) is 27.2 Å². The number of nitrogens with two attached hydrogens (primary N) is 1. The van der Waals surface area contributed by atoms with Crippen LogP contribution >= 0.6 is 0 Å². The van der Waals surface area contributed by atoms with Gasteiger partial charge in [-0.3, -0.25) is 4.79 Å². The van der Waals surface area contributed by atoms with Crippen molar-refractivity contribution in [1.82, 2.24) is 4.90 Å². The predicted molar refractivity (Wildman–Crippen MR) is 76.2 cm³/mol. The van der Waals surface area contributed by atoms with Crippen molar-refractivity contribution < 1.29 is 9.53 Å². The van der Waals surface area contributed by atoms with Gasteiger partial charge in [0, 0.05) is 19.2 Å². The summed E-state index contributed by atoms with van der Waals surface area (Å²) in [5.41, 5.74) is 6.66. The maximum atomic E-state index is 12.2. The summed E-state index contributed by atoms with van der Waals surface area (Å²) in [6.45, 7) is 3.04. The number of benzene rings is 1. The molecule has 102 valence electrons. The van der Waals surface area contributed by atoms with Gasteiger partial charge >= 0.3 is 0 Å². The highest BCUT2D eigenvalue weighted by atomic mass is 16.5. The van der Waals surface area contributed by atoms with Crippen molar-refractivity contribution in [2.24, 2.45) is 5.73 Å². The van der Waals surface area contributed by atoms with E-state index in [2.05, 4.69) is 11.8 Å². The third-order valence-corrected chi connectivity index (χ3v) is 2.68. The summed E-state index contributed by atoms with van der Waals surface area (Å²) in [4.78, 5) is 13.9. The number of carbonyl (C=O) groups excluding carboxylic acids is 1. The molecule has 0 aliphatic heterocycles. The molecule has 0 radical (unpaired) electrons. The van der Waals surface area contributed by atoms with E-state index >= 15 is 0 Å². The highest BCUT2D eigenvalue weighted by molar-refractivity contribution is 5.94. The van der Waals surface area contributed by atoms with Gasteiger partial charge in [-0.2, -0.15) is 0 Å². The van der Waals surface area contributed by atoms with Crippen molar-refractivity contribution in [3.8, 4) is 17.6 Å². The molecule has 0 atom stereocenters. The van der Waals surface area contributed by atoms with Crippen LogP contribution in [0.1, 0.15) is 29.3 Å². The fraction of sp³-hybridized carbons (Fsp3) is 0.400. The van der Waals surface area contributed by atoms with Gasteiger partial charge in [-0.25, -0.2) is 0 Å².